The minimum Gasteiger partial charge on any atom is -0.507 e. The van der Waals surface area contributed by atoms with Crippen molar-refractivity contribution in [1.82, 2.24) is 18.7 Å². The first-order valence-corrected chi connectivity index (χ1v) is 10.6. The number of fused-ring (bicyclic) bond motifs is 1. The van der Waals surface area contributed by atoms with Crippen LogP contribution in [0.2, 0.25) is 5.02 Å². The molecule has 2 aromatic carbocycles. The number of phenolic OH excluding ortho intramolecular Hbond substituents is 1. The van der Waals surface area contributed by atoms with Gasteiger partial charge in [-0.3, -0.25) is 18.5 Å². The van der Waals surface area contributed by atoms with Crippen LogP contribution in [0.4, 0.5) is 5.95 Å². The molecule has 0 aliphatic rings. The molecular formula is C21H18BrClN6O3. The number of benzene rings is 2. The Hall–Kier alpha value is -3.37. The van der Waals surface area contributed by atoms with Gasteiger partial charge in [0.2, 0.25) is 5.95 Å². The maximum Gasteiger partial charge on any atom is 0.332 e. The van der Waals surface area contributed by atoms with E-state index in [9.17, 15) is 14.7 Å². The van der Waals surface area contributed by atoms with Gasteiger partial charge in [-0.15, -0.1) is 0 Å². The van der Waals surface area contributed by atoms with Crippen LogP contribution in [0.3, 0.4) is 0 Å². The van der Waals surface area contributed by atoms with Crippen molar-refractivity contribution in [3.05, 3.63) is 83.9 Å². The topological polar surface area (TPSA) is 106 Å². The Bertz CT molecular complexity index is 1470. The highest BCUT2D eigenvalue weighted by atomic mass is 79.9. The van der Waals surface area contributed by atoms with E-state index in [2.05, 4.69) is 31.4 Å². The van der Waals surface area contributed by atoms with Gasteiger partial charge in [-0.1, -0.05) is 39.7 Å². The molecule has 4 rings (SSSR count). The molecule has 2 aromatic heterocycles. The molecule has 0 unspecified atom stereocenters. The monoisotopic (exact) mass is 516 g/mol. The van der Waals surface area contributed by atoms with Gasteiger partial charge in [-0.05, 0) is 35.9 Å². The Balaban J connectivity index is 1.82. The van der Waals surface area contributed by atoms with E-state index in [1.807, 2.05) is 12.1 Å². The SMILES string of the molecule is Cn1c(=O)c2c(nc(N/N=C/c3cc(Br)ccc3O)n2Cc2ccc(Cl)cc2)n(C)c1=O. The van der Waals surface area contributed by atoms with Crippen molar-refractivity contribution >= 4 is 50.9 Å². The van der Waals surface area contributed by atoms with E-state index in [4.69, 9.17) is 11.6 Å². The zero-order chi connectivity index (χ0) is 23.0. The van der Waals surface area contributed by atoms with Crippen LogP contribution >= 0.6 is 27.5 Å². The summed E-state index contributed by atoms with van der Waals surface area (Å²) in [7, 11) is 2.97. The largest absolute Gasteiger partial charge is 0.507 e. The second kappa shape index (κ2) is 8.64. The highest BCUT2D eigenvalue weighted by Gasteiger charge is 2.19. The lowest BCUT2D eigenvalue weighted by Gasteiger charge is -2.09. The third-order valence-corrected chi connectivity index (χ3v) is 5.70. The summed E-state index contributed by atoms with van der Waals surface area (Å²) >= 11 is 9.34. The van der Waals surface area contributed by atoms with Crippen LogP contribution in [0, 0.1) is 0 Å². The molecule has 0 aliphatic carbocycles. The van der Waals surface area contributed by atoms with Gasteiger partial charge in [0.05, 0.1) is 12.8 Å². The molecule has 0 radical (unpaired) electrons. The van der Waals surface area contributed by atoms with Crippen LogP contribution in [-0.4, -0.2) is 30.0 Å². The van der Waals surface area contributed by atoms with Crippen LogP contribution < -0.4 is 16.7 Å². The average molecular weight is 518 g/mol. The molecule has 0 spiro atoms. The smallest absolute Gasteiger partial charge is 0.332 e. The quantitative estimate of drug-likeness (QED) is 0.313. The van der Waals surface area contributed by atoms with Gasteiger partial charge in [0.15, 0.2) is 11.2 Å². The standard InChI is InChI=1S/C21H18BrClN6O3/c1-27-18-17(19(31)28(2)21(27)32)29(11-12-3-6-15(23)7-4-12)20(25-18)26-24-10-13-9-14(22)5-8-16(13)30/h3-10,30H,11H2,1-2H3,(H,25,26)/b24-10+. The van der Waals surface area contributed by atoms with E-state index < -0.39 is 11.2 Å². The van der Waals surface area contributed by atoms with Gasteiger partial charge >= 0.3 is 5.69 Å². The number of hydrogen-bond acceptors (Lipinski definition) is 6. The molecule has 0 saturated carbocycles. The summed E-state index contributed by atoms with van der Waals surface area (Å²) in [6, 6.07) is 12.1. The Morgan fingerprint density at radius 2 is 1.88 bits per heavy atom. The molecule has 0 atom stereocenters. The van der Waals surface area contributed by atoms with Crippen molar-refractivity contribution in [2.24, 2.45) is 19.2 Å². The lowest BCUT2D eigenvalue weighted by molar-refractivity contribution is 0.474. The second-order valence-electron chi connectivity index (χ2n) is 7.10. The van der Waals surface area contributed by atoms with Crippen LogP contribution in [0.15, 0.2) is 61.6 Å². The molecule has 9 nitrogen and oxygen atoms in total. The molecule has 0 amide bonds. The van der Waals surface area contributed by atoms with Crippen LogP contribution in [-0.2, 0) is 20.6 Å². The summed E-state index contributed by atoms with van der Waals surface area (Å²) in [6.07, 6.45) is 1.43. The van der Waals surface area contributed by atoms with E-state index >= 15 is 0 Å². The summed E-state index contributed by atoms with van der Waals surface area (Å²) in [5.41, 5.74) is 3.73. The highest BCUT2D eigenvalue weighted by molar-refractivity contribution is 9.10. The number of imidazole rings is 1. The number of hydrazone groups is 1. The number of aromatic nitrogens is 4. The van der Waals surface area contributed by atoms with Crippen molar-refractivity contribution in [2.45, 2.75) is 6.54 Å². The number of aromatic hydroxyl groups is 1. The predicted molar refractivity (Wildman–Crippen MR) is 128 cm³/mol. The van der Waals surface area contributed by atoms with Crippen molar-refractivity contribution in [2.75, 3.05) is 5.43 Å². The summed E-state index contributed by atoms with van der Waals surface area (Å²) in [5, 5.41) is 14.8. The number of nitrogens with one attached hydrogen (secondary N) is 1. The maximum absolute atomic E-state index is 12.9. The number of phenols is 1. The molecule has 0 bridgehead atoms. The van der Waals surface area contributed by atoms with Crippen molar-refractivity contribution in [3.8, 4) is 5.75 Å². The molecule has 0 fully saturated rings. The first kappa shape index (κ1) is 21.8. The van der Waals surface area contributed by atoms with Crippen molar-refractivity contribution in [1.29, 1.82) is 0 Å². The number of halogens is 2. The summed E-state index contributed by atoms with van der Waals surface area (Å²) in [6.45, 7) is 0.293. The zero-order valence-corrected chi connectivity index (χ0v) is 19.4. The molecule has 4 aromatic rings. The fourth-order valence-electron chi connectivity index (χ4n) is 3.25. The minimum atomic E-state index is -0.479. The second-order valence-corrected chi connectivity index (χ2v) is 8.45. The predicted octanol–water partition coefficient (Wildman–Crippen LogP) is 3.05. The van der Waals surface area contributed by atoms with Gasteiger partial charge in [0, 0.05) is 29.2 Å². The molecule has 164 valence electrons. The third-order valence-electron chi connectivity index (χ3n) is 4.96. The van der Waals surface area contributed by atoms with Gasteiger partial charge in [0.25, 0.3) is 5.56 Å². The van der Waals surface area contributed by atoms with E-state index in [1.165, 1.54) is 17.8 Å². The van der Waals surface area contributed by atoms with Gasteiger partial charge in [-0.2, -0.15) is 10.1 Å². The molecule has 2 N–H and O–H groups in total. The van der Waals surface area contributed by atoms with E-state index in [1.54, 1.807) is 41.9 Å². The van der Waals surface area contributed by atoms with Crippen LogP contribution in [0.1, 0.15) is 11.1 Å². The molecule has 11 heteroatoms. The van der Waals surface area contributed by atoms with Gasteiger partial charge in [0.1, 0.15) is 5.75 Å². The molecule has 0 aliphatic heterocycles. The number of nitrogens with zero attached hydrogens (tertiary/aromatic N) is 5. The number of anilines is 1. The summed E-state index contributed by atoms with van der Waals surface area (Å²) < 4.78 is 4.78. The zero-order valence-electron chi connectivity index (χ0n) is 17.1. The number of hydrogen-bond donors (Lipinski definition) is 2. The molecule has 2 heterocycles. The Kier molecular flexibility index (Phi) is 5.90. The van der Waals surface area contributed by atoms with Crippen molar-refractivity contribution in [3.63, 3.8) is 0 Å². The van der Waals surface area contributed by atoms with E-state index in [-0.39, 0.29) is 22.9 Å². The average Bonchev–Trinajstić information content (AvgIpc) is 3.13. The lowest BCUT2D eigenvalue weighted by atomic mass is 10.2. The van der Waals surface area contributed by atoms with Crippen LogP contribution in [0.5, 0.6) is 5.75 Å². The molecular weight excluding hydrogens is 500 g/mol. The number of rotatable bonds is 5. The van der Waals surface area contributed by atoms with E-state index in [0.29, 0.717) is 17.1 Å². The van der Waals surface area contributed by atoms with E-state index in [0.717, 1.165) is 14.6 Å². The first-order valence-electron chi connectivity index (χ1n) is 9.44. The Morgan fingerprint density at radius 1 is 1.16 bits per heavy atom. The van der Waals surface area contributed by atoms with Crippen LogP contribution in [0.25, 0.3) is 11.2 Å². The van der Waals surface area contributed by atoms with Gasteiger partial charge < -0.3 is 5.11 Å². The Labute approximate surface area is 195 Å². The number of aryl methyl sites for hydroxylation is 1. The normalized spacial score (nSPS) is 11.5. The molecule has 0 saturated heterocycles. The lowest BCUT2D eigenvalue weighted by Crippen LogP contribution is -2.37. The first-order chi connectivity index (χ1) is 15.3. The third kappa shape index (κ3) is 4.06. The molecule has 32 heavy (non-hydrogen) atoms. The summed E-state index contributed by atoms with van der Waals surface area (Å²) in [5.74, 6) is 0.323. The highest BCUT2D eigenvalue weighted by Crippen LogP contribution is 2.21. The fraction of sp³-hybridized carbons (Fsp3) is 0.143. The maximum atomic E-state index is 12.9. The summed E-state index contributed by atoms with van der Waals surface area (Å²) in [4.78, 5) is 29.7. The minimum absolute atomic E-state index is 0.0599. The van der Waals surface area contributed by atoms with Gasteiger partial charge in [-0.25, -0.2) is 10.2 Å². The fourth-order valence-corrected chi connectivity index (χ4v) is 3.75. The Morgan fingerprint density at radius 3 is 2.59 bits per heavy atom. The van der Waals surface area contributed by atoms with Crippen molar-refractivity contribution < 1.29 is 5.11 Å².